The van der Waals surface area contributed by atoms with Gasteiger partial charge in [-0.25, -0.2) is 0 Å². The average Bonchev–Trinajstić information content (AvgIpc) is 3.41. The number of furan rings is 1. The van der Waals surface area contributed by atoms with E-state index in [1.54, 1.807) is 4.40 Å². The van der Waals surface area contributed by atoms with Crippen LogP contribution in [0.1, 0.15) is 77.5 Å². The molecule has 0 saturated heterocycles. The molecule has 0 saturated carbocycles. The number of fused-ring (bicyclic) bond motifs is 3. The molecule has 0 N–H and O–H groups in total. The number of nitrogens with zero attached hydrogens (tertiary/aromatic N) is 2. The van der Waals surface area contributed by atoms with Crippen molar-refractivity contribution in [2.24, 2.45) is 11.3 Å². The number of hydrogen-bond donors (Lipinski definition) is 0. The third kappa shape index (κ3) is 10.0. The van der Waals surface area contributed by atoms with E-state index in [4.69, 9.17) is 9.40 Å². The van der Waals surface area contributed by atoms with Crippen molar-refractivity contribution in [1.82, 2.24) is 9.97 Å². The van der Waals surface area contributed by atoms with Gasteiger partial charge in [0.25, 0.3) is 0 Å². The number of pyridine rings is 2. The van der Waals surface area contributed by atoms with Crippen LogP contribution >= 0.6 is 0 Å². The zero-order valence-electron chi connectivity index (χ0n) is 31.0. The number of hydrogen-bond acceptors (Lipinski definition) is 3. The molecular weight excluding hydrogens is 837 g/mol. The molecule has 259 valence electrons. The van der Waals surface area contributed by atoms with E-state index in [1.807, 2.05) is 24.4 Å². The smallest absolute Gasteiger partial charge is 0 e. The van der Waals surface area contributed by atoms with Gasteiger partial charge < -0.3 is 9.40 Å². The molecule has 1 radical (unpaired) electrons. The molecule has 0 amide bonds. The van der Waals surface area contributed by atoms with E-state index < -0.39 is 13.3 Å². The molecule has 49 heavy (non-hydrogen) atoms. The Morgan fingerprint density at radius 1 is 0.816 bits per heavy atom. The summed E-state index contributed by atoms with van der Waals surface area (Å²) in [7, 11) is 0. The van der Waals surface area contributed by atoms with Crippen molar-refractivity contribution in [1.29, 1.82) is 0 Å². The van der Waals surface area contributed by atoms with Crippen molar-refractivity contribution in [2.75, 3.05) is 0 Å². The van der Waals surface area contributed by atoms with Crippen LogP contribution in [0.5, 0.6) is 0 Å². The number of benzene rings is 3. The van der Waals surface area contributed by atoms with Gasteiger partial charge in [0, 0.05) is 31.7 Å². The van der Waals surface area contributed by atoms with Crippen LogP contribution < -0.4 is 4.40 Å². The summed E-state index contributed by atoms with van der Waals surface area (Å²) in [5, 5.41) is 2.29. The minimum Gasteiger partial charge on any atom is 0 e. The second-order valence-electron chi connectivity index (χ2n) is 15.9. The molecule has 1 atom stereocenters. The van der Waals surface area contributed by atoms with E-state index >= 15 is 0 Å². The van der Waals surface area contributed by atoms with Gasteiger partial charge in [-0.1, -0.05) is 57.7 Å². The Morgan fingerprint density at radius 3 is 2.20 bits per heavy atom. The van der Waals surface area contributed by atoms with Crippen LogP contribution in [0.3, 0.4) is 0 Å². The fraction of sp³-hybridized carbons (Fsp3) is 0.364. The number of aromatic nitrogens is 2. The van der Waals surface area contributed by atoms with Gasteiger partial charge in [-0.05, 0) is 47.2 Å². The first-order valence-corrected chi connectivity index (χ1v) is 24.9. The Hall–Kier alpha value is -3.05. The van der Waals surface area contributed by atoms with Gasteiger partial charge >= 0.3 is 132 Å². The van der Waals surface area contributed by atoms with Gasteiger partial charge in [0.15, 0.2) is 0 Å². The van der Waals surface area contributed by atoms with E-state index in [2.05, 4.69) is 144 Å². The molecule has 6 rings (SSSR count). The molecule has 3 aromatic heterocycles. The first-order chi connectivity index (χ1) is 22.7. The van der Waals surface area contributed by atoms with Gasteiger partial charge in [0.05, 0.1) is 5.58 Å². The minimum absolute atomic E-state index is 0. The van der Waals surface area contributed by atoms with Gasteiger partial charge in [-0.2, -0.15) is 0 Å². The molecule has 3 heterocycles. The third-order valence-corrected chi connectivity index (χ3v) is 13.3. The standard InChI is InChI=1S/C25H26NO.C19H26GeN.Ir/c1-16(2)18-6-8-23-20(13-18)21-14-19(7-9-24(21)27-23)22-12-17(10-11-26-22)15-25(3,4)5;1-6-15(2)12-17-13-19(16-10-8-7-9-11-16)21-14-18(17)20(3,4)5;/h6,8-14,16H,15H2,1-5H3;7-10,13-15H,6,12H2,1-5H3;/q2*-1;. The summed E-state index contributed by atoms with van der Waals surface area (Å²) < 4.78 is 7.57. The Labute approximate surface area is 311 Å². The predicted octanol–water partition coefficient (Wildman–Crippen LogP) is 11.8. The maximum atomic E-state index is 6.02. The molecule has 0 bridgehead atoms. The fourth-order valence-corrected chi connectivity index (χ4v) is 9.49. The number of rotatable bonds is 8. The van der Waals surface area contributed by atoms with E-state index in [9.17, 15) is 0 Å². The van der Waals surface area contributed by atoms with Crippen molar-refractivity contribution in [3.63, 3.8) is 0 Å². The van der Waals surface area contributed by atoms with E-state index in [0.29, 0.717) is 5.92 Å². The Kier molecular flexibility index (Phi) is 12.9. The summed E-state index contributed by atoms with van der Waals surface area (Å²) in [6.45, 7) is 15.8. The van der Waals surface area contributed by atoms with Crippen molar-refractivity contribution in [3.8, 4) is 22.5 Å². The zero-order valence-corrected chi connectivity index (χ0v) is 35.5. The third-order valence-electron chi connectivity index (χ3n) is 8.98. The summed E-state index contributed by atoms with van der Waals surface area (Å²) in [5.74, 6) is 8.57. The van der Waals surface area contributed by atoms with Gasteiger partial charge in [0.1, 0.15) is 5.58 Å². The zero-order chi connectivity index (χ0) is 34.6. The van der Waals surface area contributed by atoms with Crippen LogP contribution in [-0.4, -0.2) is 23.2 Å². The van der Waals surface area contributed by atoms with Crippen LogP contribution in [0.4, 0.5) is 0 Å². The molecule has 3 aromatic carbocycles. The van der Waals surface area contributed by atoms with Crippen molar-refractivity contribution < 1.29 is 24.5 Å². The van der Waals surface area contributed by atoms with Gasteiger partial charge in [0.2, 0.25) is 0 Å². The summed E-state index contributed by atoms with van der Waals surface area (Å²) in [6, 6.07) is 31.9. The summed E-state index contributed by atoms with van der Waals surface area (Å²) in [4.78, 5) is 9.32. The van der Waals surface area contributed by atoms with Crippen LogP contribution in [0.2, 0.25) is 17.3 Å². The second kappa shape index (κ2) is 16.3. The van der Waals surface area contributed by atoms with Crippen LogP contribution in [0.25, 0.3) is 44.5 Å². The fourth-order valence-electron chi connectivity index (χ4n) is 6.15. The normalized spacial score (nSPS) is 12.5. The van der Waals surface area contributed by atoms with Crippen molar-refractivity contribution in [3.05, 3.63) is 114 Å². The van der Waals surface area contributed by atoms with Gasteiger partial charge in [-0.15, -0.1) is 23.8 Å². The molecular formula is C44H52GeIrN2O-2. The van der Waals surface area contributed by atoms with E-state index in [0.717, 1.165) is 63.2 Å². The van der Waals surface area contributed by atoms with Crippen LogP contribution in [-0.2, 0) is 32.9 Å². The molecule has 0 aliphatic heterocycles. The quantitative estimate of drug-likeness (QED) is 0.113. The van der Waals surface area contributed by atoms with E-state index in [-0.39, 0.29) is 25.5 Å². The minimum atomic E-state index is -1.87. The molecule has 1 unspecified atom stereocenters. The Bertz CT molecular complexity index is 1980. The topological polar surface area (TPSA) is 38.9 Å². The first-order valence-electron chi connectivity index (χ1n) is 17.5. The molecule has 6 aromatic rings. The van der Waals surface area contributed by atoms with Crippen LogP contribution in [0.15, 0.2) is 89.6 Å². The van der Waals surface area contributed by atoms with E-state index in [1.165, 1.54) is 23.1 Å². The SMILES string of the molecule is CC(C)c1ccc2oc3c[c-]c(-c4cc(CC(C)(C)C)ccn4)cc3c2c1.CCC(C)Cc1cc(-c2[c-]cccc2)nc[c]1[Ge]([CH3])([CH3])[CH3].[Ir]. The molecule has 0 spiro atoms. The molecule has 5 heteroatoms. The molecule has 0 aliphatic rings. The van der Waals surface area contributed by atoms with Crippen LogP contribution in [0, 0.1) is 23.5 Å². The first kappa shape index (κ1) is 38.7. The largest absolute Gasteiger partial charge is 0 e. The summed E-state index contributed by atoms with van der Waals surface area (Å²) in [6.07, 6.45) is 7.46. The summed E-state index contributed by atoms with van der Waals surface area (Å²) in [5.41, 5.74) is 10.3. The monoisotopic (exact) mass is 891 g/mol. The Morgan fingerprint density at radius 2 is 1.55 bits per heavy atom. The maximum Gasteiger partial charge on any atom is 0 e. The second-order valence-corrected chi connectivity index (χ2v) is 26.5. The molecule has 0 fully saturated rings. The van der Waals surface area contributed by atoms with Gasteiger partial charge in [-0.3, -0.25) is 0 Å². The predicted molar refractivity (Wildman–Crippen MR) is 208 cm³/mol. The maximum absolute atomic E-state index is 6.02. The van der Waals surface area contributed by atoms with Crippen molar-refractivity contribution in [2.45, 2.75) is 90.9 Å². The molecule has 3 nitrogen and oxygen atoms in total. The Balaban J connectivity index is 0.000000224. The van der Waals surface area contributed by atoms with Crippen molar-refractivity contribution >= 4 is 39.6 Å². The molecule has 0 aliphatic carbocycles. The average molecular weight is 890 g/mol. The summed E-state index contributed by atoms with van der Waals surface area (Å²) >= 11 is -1.87.